The first kappa shape index (κ1) is 39.3. The fourth-order valence-electron chi connectivity index (χ4n) is 10.9. The molecular formula is C65H47N. The number of benzene rings is 11. The summed E-state index contributed by atoms with van der Waals surface area (Å²) in [4.78, 5) is 2.50. The van der Waals surface area contributed by atoms with Gasteiger partial charge >= 0.3 is 0 Å². The number of hydrogen-bond donors (Lipinski definition) is 0. The van der Waals surface area contributed by atoms with Crippen molar-refractivity contribution in [3.8, 4) is 66.8 Å². The van der Waals surface area contributed by atoms with E-state index in [1.165, 1.54) is 93.9 Å². The van der Waals surface area contributed by atoms with E-state index >= 15 is 0 Å². The maximum atomic E-state index is 2.50. The Bertz CT molecular complexity index is 3600. The molecule has 12 rings (SSSR count). The van der Waals surface area contributed by atoms with Gasteiger partial charge in [0, 0.05) is 22.2 Å². The van der Waals surface area contributed by atoms with E-state index in [4.69, 9.17) is 0 Å². The molecule has 0 fully saturated rings. The summed E-state index contributed by atoms with van der Waals surface area (Å²) >= 11 is 0. The Morgan fingerprint density at radius 1 is 0.258 bits per heavy atom. The monoisotopic (exact) mass is 841 g/mol. The van der Waals surface area contributed by atoms with Gasteiger partial charge in [-0.15, -0.1) is 0 Å². The summed E-state index contributed by atoms with van der Waals surface area (Å²) in [6.45, 7) is 4.73. The molecule has 0 saturated heterocycles. The van der Waals surface area contributed by atoms with Crippen LogP contribution in [0, 0.1) is 0 Å². The summed E-state index contributed by atoms with van der Waals surface area (Å²) in [7, 11) is 0. The van der Waals surface area contributed by atoms with Crippen molar-refractivity contribution in [3.05, 3.63) is 260 Å². The SMILES string of the molecule is CC1(C)c2ccccc2-c2c(-c3ccccc3N(c3ccc(-c4c(-c5ccccc5)c5ccccc5c5ccccc45)cc3)c3ccccc3-c3ccccc3-c3ccccc3)cccc21. The predicted octanol–water partition coefficient (Wildman–Crippen LogP) is 18.1. The number of anilines is 3. The lowest BCUT2D eigenvalue weighted by molar-refractivity contribution is 0.660. The summed E-state index contributed by atoms with van der Waals surface area (Å²) in [5.41, 5.74) is 20.6. The minimum absolute atomic E-state index is 0.119. The zero-order valence-corrected chi connectivity index (χ0v) is 37.1. The van der Waals surface area contributed by atoms with Gasteiger partial charge in [0.25, 0.3) is 0 Å². The summed E-state index contributed by atoms with van der Waals surface area (Å²) in [6, 6.07) is 91.4. The number of para-hydroxylation sites is 2. The molecule has 1 aliphatic carbocycles. The van der Waals surface area contributed by atoms with Crippen molar-refractivity contribution < 1.29 is 0 Å². The van der Waals surface area contributed by atoms with Crippen molar-refractivity contribution in [1.82, 2.24) is 0 Å². The highest BCUT2D eigenvalue weighted by Crippen LogP contribution is 2.55. The van der Waals surface area contributed by atoms with Gasteiger partial charge in [-0.3, -0.25) is 0 Å². The highest BCUT2D eigenvalue weighted by atomic mass is 15.1. The Labute approximate surface area is 387 Å². The second kappa shape index (κ2) is 16.1. The normalized spacial score (nSPS) is 12.5. The number of rotatable bonds is 8. The van der Waals surface area contributed by atoms with Gasteiger partial charge in [-0.05, 0) is 113 Å². The summed E-state index contributed by atoms with van der Waals surface area (Å²) in [5, 5.41) is 5.02. The molecule has 66 heavy (non-hydrogen) atoms. The van der Waals surface area contributed by atoms with Crippen LogP contribution in [0.25, 0.3) is 88.3 Å². The van der Waals surface area contributed by atoms with Crippen LogP contribution in [0.15, 0.2) is 249 Å². The van der Waals surface area contributed by atoms with Gasteiger partial charge in [0.1, 0.15) is 0 Å². The first-order valence-electron chi connectivity index (χ1n) is 23.0. The van der Waals surface area contributed by atoms with Crippen LogP contribution < -0.4 is 4.90 Å². The first-order chi connectivity index (χ1) is 32.6. The van der Waals surface area contributed by atoms with Crippen molar-refractivity contribution in [1.29, 1.82) is 0 Å². The quantitative estimate of drug-likeness (QED) is 0.138. The van der Waals surface area contributed by atoms with Crippen LogP contribution in [0.2, 0.25) is 0 Å². The molecular weight excluding hydrogens is 795 g/mol. The van der Waals surface area contributed by atoms with Crippen LogP contribution in [-0.4, -0.2) is 0 Å². The Kier molecular flexibility index (Phi) is 9.58. The maximum absolute atomic E-state index is 2.50. The molecule has 1 aliphatic rings. The summed E-state index contributed by atoms with van der Waals surface area (Å²) in [5.74, 6) is 0. The van der Waals surface area contributed by atoms with Crippen LogP contribution in [0.4, 0.5) is 17.1 Å². The van der Waals surface area contributed by atoms with E-state index in [9.17, 15) is 0 Å². The molecule has 0 unspecified atom stereocenters. The van der Waals surface area contributed by atoms with E-state index in [0.29, 0.717) is 0 Å². The third kappa shape index (κ3) is 6.38. The molecule has 312 valence electrons. The lowest BCUT2D eigenvalue weighted by Gasteiger charge is -2.31. The first-order valence-corrected chi connectivity index (χ1v) is 23.0. The number of fused-ring (bicyclic) bond motifs is 6. The van der Waals surface area contributed by atoms with Crippen molar-refractivity contribution in [2.45, 2.75) is 19.3 Å². The van der Waals surface area contributed by atoms with E-state index in [2.05, 4.69) is 267 Å². The van der Waals surface area contributed by atoms with Crippen LogP contribution in [0.1, 0.15) is 25.0 Å². The van der Waals surface area contributed by atoms with Gasteiger partial charge in [0.2, 0.25) is 0 Å². The second-order valence-electron chi connectivity index (χ2n) is 17.9. The number of hydrogen-bond acceptors (Lipinski definition) is 1. The van der Waals surface area contributed by atoms with Gasteiger partial charge in [-0.25, -0.2) is 0 Å². The van der Waals surface area contributed by atoms with E-state index in [-0.39, 0.29) is 5.41 Å². The second-order valence-corrected chi connectivity index (χ2v) is 17.9. The Balaban J connectivity index is 1.11. The lowest BCUT2D eigenvalue weighted by Crippen LogP contribution is -2.15. The van der Waals surface area contributed by atoms with Crippen molar-refractivity contribution >= 4 is 38.6 Å². The number of nitrogens with zero attached hydrogens (tertiary/aromatic N) is 1. The molecule has 0 heterocycles. The highest BCUT2D eigenvalue weighted by molar-refractivity contribution is 6.21. The predicted molar refractivity (Wildman–Crippen MR) is 281 cm³/mol. The zero-order valence-electron chi connectivity index (χ0n) is 37.1. The summed E-state index contributed by atoms with van der Waals surface area (Å²) in [6.07, 6.45) is 0. The average molecular weight is 842 g/mol. The van der Waals surface area contributed by atoms with Crippen LogP contribution in [0.3, 0.4) is 0 Å². The van der Waals surface area contributed by atoms with Crippen molar-refractivity contribution in [3.63, 3.8) is 0 Å². The van der Waals surface area contributed by atoms with E-state index in [0.717, 1.165) is 22.6 Å². The molecule has 0 radical (unpaired) electrons. The fraction of sp³-hybridized carbons (Fsp3) is 0.0462. The van der Waals surface area contributed by atoms with E-state index in [1.54, 1.807) is 0 Å². The topological polar surface area (TPSA) is 3.24 Å². The Morgan fingerprint density at radius 2 is 0.667 bits per heavy atom. The van der Waals surface area contributed by atoms with Crippen LogP contribution in [0.5, 0.6) is 0 Å². The van der Waals surface area contributed by atoms with Crippen LogP contribution in [-0.2, 0) is 5.41 Å². The highest BCUT2D eigenvalue weighted by Gasteiger charge is 2.37. The van der Waals surface area contributed by atoms with Gasteiger partial charge in [-0.2, -0.15) is 0 Å². The molecule has 0 spiro atoms. The molecule has 0 aliphatic heterocycles. The summed E-state index contributed by atoms with van der Waals surface area (Å²) < 4.78 is 0. The minimum Gasteiger partial charge on any atom is -0.309 e. The molecule has 0 amide bonds. The molecule has 0 N–H and O–H groups in total. The largest absolute Gasteiger partial charge is 0.309 e. The van der Waals surface area contributed by atoms with Crippen molar-refractivity contribution in [2.75, 3.05) is 4.90 Å². The Morgan fingerprint density at radius 3 is 1.27 bits per heavy atom. The van der Waals surface area contributed by atoms with E-state index < -0.39 is 0 Å². The Hall–Kier alpha value is -8.26. The molecule has 0 atom stereocenters. The fourth-order valence-corrected chi connectivity index (χ4v) is 10.9. The molecule has 1 heteroatoms. The molecule has 0 bridgehead atoms. The van der Waals surface area contributed by atoms with E-state index in [1.807, 2.05) is 0 Å². The molecule has 11 aromatic rings. The maximum Gasteiger partial charge on any atom is 0.0540 e. The average Bonchev–Trinajstić information content (AvgIpc) is 3.63. The zero-order chi connectivity index (χ0) is 44.2. The van der Waals surface area contributed by atoms with Gasteiger partial charge in [-0.1, -0.05) is 238 Å². The van der Waals surface area contributed by atoms with Crippen LogP contribution >= 0.6 is 0 Å². The molecule has 1 nitrogen and oxygen atoms in total. The minimum atomic E-state index is -0.119. The van der Waals surface area contributed by atoms with Gasteiger partial charge in [0.05, 0.1) is 11.4 Å². The third-order valence-corrected chi connectivity index (χ3v) is 13.9. The lowest BCUT2D eigenvalue weighted by atomic mass is 9.82. The van der Waals surface area contributed by atoms with Gasteiger partial charge < -0.3 is 4.90 Å². The molecule has 0 saturated carbocycles. The smallest absolute Gasteiger partial charge is 0.0540 e. The van der Waals surface area contributed by atoms with Gasteiger partial charge in [0.15, 0.2) is 0 Å². The molecule has 11 aromatic carbocycles. The standard InChI is InChI=1S/C65H47N/c1-65(2)58-36-18-15-34-57(58)64-56(35-21-37-59(64)65)53-31-17-20-39-61(53)66(60-38-19-16-30-52(60)49-27-10-9-26-48(49)44-22-5-3-6-23-44)47-42-40-46(41-43-47)63-55-33-14-12-29-51(55)50-28-11-13-32-54(50)62(63)45-24-7-4-8-25-45/h3-43H,1-2H3. The van der Waals surface area contributed by atoms with Crippen molar-refractivity contribution in [2.24, 2.45) is 0 Å². The third-order valence-electron chi connectivity index (χ3n) is 13.9. The molecule has 0 aromatic heterocycles.